The van der Waals surface area contributed by atoms with Crippen LogP contribution in [0.3, 0.4) is 0 Å². The molecule has 0 radical (unpaired) electrons. The number of para-hydroxylation sites is 1. The highest BCUT2D eigenvalue weighted by Crippen LogP contribution is 2.28. The zero-order chi connectivity index (χ0) is 27.4. The lowest BCUT2D eigenvalue weighted by atomic mass is 10.2. The Morgan fingerprint density at radius 1 is 0.846 bits per heavy atom. The van der Waals surface area contributed by atoms with Crippen molar-refractivity contribution in [1.29, 1.82) is 0 Å². The Hall–Kier alpha value is -4.25. The Bertz CT molecular complexity index is 1610. The van der Waals surface area contributed by atoms with Crippen LogP contribution in [0, 0.1) is 13.8 Å². The van der Waals surface area contributed by atoms with E-state index in [0.717, 1.165) is 11.3 Å². The molecule has 0 unspecified atom stereocenters. The van der Waals surface area contributed by atoms with Crippen molar-refractivity contribution in [1.82, 2.24) is 19.9 Å². The quantitative estimate of drug-likeness (QED) is 0.171. The number of thiazole rings is 1. The van der Waals surface area contributed by atoms with Gasteiger partial charge >= 0.3 is 0 Å². The van der Waals surface area contributed by atoms with Gasteiger partial charge in [-0.1, -0.05) is 46.7 Å². The molecule has 0 atom stereocenters. The fraction of sp³-hybridized carbons (Fsp3) is 0.0741. The minimum atomic E-state index is -0.311. The summed E-state index contributed by atoms with van der Waals surface area (Å²) >= 11 is 13.3. The first kappa shape index (κ1) is 26.4. The van der Waals surface area contributed by atoms with Crippen molar-refractivity contribution < 1.29 is 9.53 Å². The zero-order valence-corrected chi connectivity index (χ0v) is 23.0. The molecule has 2 heterocycles. The Kier molecular flexibility index (Phi) is 7.87. The fourth-order valence-electron chi connectivity index (χ4n) is 3.47. The van der Waals surface area contributed by atoms with E-state index in [9.17, 15) is 4.79 Å². The second-order valence-corrected chi connectivity index (χ2v) is 10.2. The maximum Gasteiger partial charge on any atom is 0.267 e. The van der Waals surface area contributed by atoms with Crippen LogP contribution in [0.25, 0.3) is 0 Å². The molecule has 0 aliphatic heterocycles. The number of aryl methyl sites for hydroxylation is 2. The Labute approximate surface area is 238 Å². The number of ether oxygens (including phenoxy) is 1. The second kappa shape index (κ2) is 11.6. The molecule has 5 rings (SSSR count). The summed E-state index contributed by atoms with van der Waals surface area (Å²) in [6.07, 6.45) is 1.48. The zero-order valence-electron chi connectivity index (χ0n) is 20.7. The number of carbonyl (C=O) groups is 1. The average molecular weight is 578 g/mol. The van der Waals surface area contributed by atoms with Crippen LogP contribution in [0.15, 0.2) is 72.9 Å². The molecule has 0 aliphatic carbocycles. The van der Waals surface area contributed by atoms with Gasteiger partial charge in [-0.05, 0) is 74.0 Å². The van der Waals surface area contributed by atoms with Crippen LogP contribution in [0.5, 0.6) is 11.5 Å². The number of carbonyl (C=O) groups excluding carboxylic acids is 1. The largest absolute Gasteiger partial charge is 0.457 e. The maximum absolute atomic E-state index is 12.7. The van der Waals surface area contributed by atoms with Gasteiger partial charge in [0, 0.05) is 10.7 Å². The molecule has 0 saturated carbocycles. The van der Waals surface area contributed by atoms with Gasteiger partial charge in [0.05, 0.1) is 16.9 Å². The third-order valence-electron chi connectivity index (χ3n) is 5.32. The summed E-state index contributed by atoms with van der Waals surface area (Å²) < 4.78 is 5.83. The summed E-state index contributed by atoms with van der Waals surface area (Å²) in [5.74, 6) is 2.18. The minimum absolute atomic E-state index is 0.288. The fourth-order valence-corrected chi connectivity index (χ4v) is 4.57. The number of hydrogen-bond donors (Lipinski definition) is 3. The number of nitrogens with one attached hydrogen (secondary N) is 3. The van der Waals surface area contributed by atoms with Gasteiger partial charge in [0.2, 0.25) is 11.9 Å². The number of halogens is 2. The molecule has 12 heteroatoms. The van der Waals surface area contributed by atoms with E-state index in [-0.39, 0.29) is 11.9 Å². The van der Waals surface area contributed by atoms with Crippen molar-refractivity contribution in [3.63, 3.8) is 0 Å². The predicted molar refractivity (Wildman–Crippen MR) is 155 cm³/mol. The molecule has 39 heavy (non-hydrogen) atoms. The molecule has 5 aromatic rings. The lowest BCUT2D eigenvalue weighted by molar-refractivity contribution is 0.103. The second-order valence-electron chi connectivity index (χ2n) is 8.28. The molecule has 0 saturated heterocycles. The van der Waals surface area contributed by atoms with Crippen molar-refractivity contribution in [3.05, 3.63) is 99.2 Å². The molecule has 196 valence electrons. The van der Waals surface area contributed by atoms with E-state index < -0.39 is 0 Å². The van der Waals surface area contributed by atoms with Crippen LogP contribution in [-0.2, 0) is 0 Å². The van der Waals surface area contributed by atoms with E-state index in [2.05, 4.69) is 35.9 Å². The van der Waals surface area contributed by atoms with E-state index in [1.807, 2.05) is 43.3 Å². The highest BCUT2D eigenvalue weighted by Gasteiger charge is 2.15. The summed E-state index contributed by atoms with van der Waals surface area (Å²) in [6, 6.07) is 19.9. The first-order valence-electron chi connectivity index (χ1n) is 11.6. The SMILES string of the molecule is Cc1nc(Nc2ccc(Oc3ccc(Cl)cc3)cc2)nc(Nc2ncc(C(=O)Nc3c(C)cccc3Cl)s2)n1. The topological polar surface area (TPSA) is 114 Å². The summed E-state index contributed by atoms with van der Waals surface area (Å²) in [4.78, 5) is 30.5. The molecule has 9 nitrogen and oxygen atoms in total. The number of rotatable bonds is 8. The van der Waals surface area contributed by atoms with Crippen molar-refractivity contribution in [2.45, 2.75) is 13.8 Å². The van der Waals surface area contributed by atoms with Crippen molar-refractivity contribution >= 4 is 68.8 Å². The van der Waals surface area contributed by atoms with Gasteiger partial charge in [0.15, 0.2) is 5.13 Å². The van der Waals surface area contributed by atoms with Gasteiger partial charge < -0.3 is 15.4 Å². The van der Waals surface area contributed by atoms with Gasteiger partial charge in [-0.15, -0.1) is 0 Å². The van der Waals surface area contributed by atoms with Crippen LogP contribution in [0.2, 0.25) is 10.0 Å². The van der Waals surface area contributed by atoms with E-state index >= 15 is 0 Å². The van der Waals surface area contributed by atoms with Crippen LogP contribution >= 0.6 is 34.5 Å². The van der Waals surface area contributed by atoms with Gasteiger partial charge in [0.25, 0.3) is 5.91 Å². The van der Waals surface area contributed by atoms with E-state index in [1.165, 1.54) is 17.5 Å². The van der Waals surface area contributed by atoms with Gasteiger partial charge in [0.1, 0.15) is 22.2 Å². The molecular weight excluding hydrogens is 557 g/mol. The lowest BCUT2D eigenvalue weighted by Gasteiger charge is -2.09. The number of hydrogen-bond acceptors (Lipinski definition) is 9. The smallest absolute Gasteiger partial charge is 0.267 e. The molecule has 3 N–H and O–H groups in total. The van der Waals surface area contributed by atoms with Crippen LogP contribution in [0.1, 0.15) is 21.1 Å². The summed E-state index contributed by atoms with van der Waals surface area (Å²) in [7, 11) is 0. The Morgan fingerprint density at radius 2 is 1.51 bits per heavy atom. The third-order valence-corrected chi connectivity index (χ3v) is 6.79. The van der Waals surface area contributed by atoms with Crippen LogP contribution in [0.4, 0.5) is 28.4 Å². The average Bonchev–Trinajstić information content (AvgIpc) is 3.37. The minimum Gasteiger partial charge on any atom is -0.457 e. The van der Waals surface area contributed by atoms with Crippen LogP contribution in [-0.4, -0.2) is 25.8 Å². The molecule has 3 aromatic carbocycles. The normalized spacial score (nSPS) is 10.7. The lowest BCUT2D eigenvalue weighted by Crippen LogP contribution is -2.11. The maximum atomic E-state index is 12.7. The highest BCUT2D eigenvalue weighted by molar-refractivity contribution is 7.17. The highest BCUT2D eigenvalue weighted by atomic mass is 35.5. The van der Waals surface area contributed by atoms with E-state index in [1.54, 1.807) is 37.3 Å². The van der Waals surface area contributed by atoms with Crippen LogP contribution < -0.4 is 20.7 Å². The van der Waals surface area contributed by atoms with Gasteiger partial charge in [-0.3, -0.25) is 10.1 Å². The van der Waals surface area contributed by atoms with Crippen molar-refractivity contribution in [2.75, 3.05) is 16.0 Å². The first-order chi connectivity index (χ1) is 18.8. The molecule has 0 bridgehead atoms. The Balaban J connectivity index is 1.24. The number of benzene rings is 3. The molecule has 2 aromatic heterocycles. The van der Waals surface area contributed by atoms with Gasteiger partial charge in [-0.2, -0.15) is 15.0 Å². The monoisotopic (exact) mass is 577 g/mol. The summed E-state index contributed by atoms with van der Waals surface area (Å²) in [5.41, 5.74) is 2.20. The van der Waals surface area contributed by atoms with Crippen molar-refractivity contribution in [2.24, 2.45) is 0 Å². The van der Waals surface area contributed by atoms with E-state index in [0.29, 0.717) is 49.0 Å². The number of amides is 1. The number of aromatic nitrogens is 4. The van der Waals surface area contributed by atoms with Gasteiger partial charge in [-0.25, -0.2) is 4.98 Å². The third kappa shape index (κ3) is 6.80. The molecule has 1 amide bonds. The standard InChI is InChI=1S/C27H21Cl2N7O2S/c1-15-4-3-5-21(29)23(15)34-24(37)22-14-30-27(39-22)36-26-32-16(2)31-25(35-26)33-18-8-12-20(13-9-18)38-19-10-6-17(28)7-11-19/h3-14H,1-2H3,(H,34,37)(H2,30,31,32,33,35,36). The molecule has 0 fully saturated rings. The molecule has 0 spiro atoms. The molecule has 0 aliphatic rings. The molecular formula is C27H21Cl2N7O2S. The number of nitrogens with zero attached hydrogens (tertiary/aromatic N) is 4. The first-order valence-corrected chi connectivity index (χ1v) is 13.2. The summed E-state index contributed by atoms with van der Waals surface area (Å²) in [6.45, 7) is 3.63. The Morgan fingerprint density at radius 3 is 2.21 bits per heavy atom. The number of anilines is 5. The predicted octanol–water partition coefficient (Wildman–Crippen LogP) is 7.78. The van der Waals surface area contributed by atoms with E-state index in [4.69, 9.17) is 27.9 Å². The van der Waals surface area contributed by atoms with Crippen molar-refractivity contribution in [3.8, 4) is 11.5 Å². The summed E-state index contributed by atoms with van der Waals surface area (Å²) in [5, 5.41) is 10.6.